The first-order chi connectivity index (χ1) is 9.36. The van der Waals surface area contributed by atoms with Crippen LogP contribution in [0.1, 0.15) is 6.92 Å². The number of furan rings is 1. The lowest BCUT2D eigenvalue weighted by atomic mass is 10.3. The minimum atomic E-state index is 0.514. The molecule has 7 nitrogen and oxygen atoms in total. The van der Waals surface area contributed by atoms with E-state index < -0.39 is 0 Å². The van der Waals surface area contributed by atoms with Crippen LogP contribution in [0, 0.1) is 0 Å². The highest BCUT2D eigenvalue weighted by Gasteiger charge is 2.10. The van der Waals surface area contributed by atoms with Crippen molar-refractivity contribution >= 4 is 5.95 Å². The summed E-state index contributed by atoms with van der Waals surface area (Å²) in [5, 5.41) is 3.09. The molecule has 0 bridgehead atoms. The van der Waals surface area contributed by atoms with Gasteiger partial charge in [-0.3, -0.25) is 4.57 Å². The lowest BCUT2D eigenvalue weighted by molar-refractivity contribution is 0.568. The molecule has 0 amide bonds. The predicted molar refractivity (Wildman–Crippen MR) is 68.8 cm³/mol. The van der Waals surface area contributed by atoms with Gasteiger partial charge in [-0.15, -0.1) is 0 Å². The van der Waals surface area contributed by atoms with Gasteiger partial charge in [0, 0.05) is 18.9 Å². The summed E-state index contributed by atoms with van der Waals surface area (Å²) in [4.78, 5) is 17.1. The van der Waals surface area contributed by atoms with E-state index in [0.717, 1.165) is 12.1 Å². The van der Waals surface area contributed by atoms with Crippen LogP contribution < -0.4 is 5.32 Å². The average Bonchev–Trinajstić information content (AvgIpc) is 3.12. The molecule has 0 radical (unpaired) electrons. The zero-order chi connectivity index (χ0) is 13.1. The van der Waals surface area contributed by atoms with Gasteiger partial charge in [-0.2, -0.15) is 15.0 Å². The van der Waals surface area contributed by atoms with Gasteiger partial charge in [0.25, 0.3) is 0 Å². The monoisotopic (exact) mass is 256 g/mol. The molecule has 3 aromatic heterocycles. The Morgan fingerprint density at radius 3 is 2.95 bits per heavy atom. The van der Waals surface area contributed by atoms with Crippen LogP contribution in [0.15, 0.2) is 41.7 Å². The summed E-state index contributed by atoms with van der Waals surface area (Å²) in [6, 6.07) is 1.81. The van der Waals surface area contributed by atoms with Gasteiger partial charge >= 0.3 is 0 Å². The lowest BCUT2D eigenvalue weighted by Crippen LogP contribution is -2.08. The van der Waals surface area contributed by atoms with Crippen molar-refractivity contribution < 1.29 is 4.42 Å². The molecule has 0 fully saturated rings. The number of aromatic nitrogens is 5. The van der Waals surface area contributed by atoms with Crippen molar-refractivity contribution in [2.75, 3.05) is 11.9 Å². The second-order valence-electron chi connectivity index (χ2n) is 3.79. The number of imidazole rings is 1. The molecule has 0 spiro atoms. The molecule has 3 rings (SSSR count). The van der Waals surface area contributed by atoms with Gasteiger partial charge in [-0.1, -0.05) is 0 Å². The van der Waals surface area contributed by atoms with E-state index in [-0.39, 0.29) is 0 Å². The van der Waals surface area contributed by atoms with Gasteiger partial charge in [-0.05, 0) is 13.0 Å². The summed E-state index contributed by atoms with van der Waals surface area (Å²) in [6.45, 7) is 2.72. The van der Waals surface area contributed by atoms with Crippen LogP contribution in [0.4, 0.5) is 5.95 Å². The quantitative estimate of drug-likeness (QED) is 0.765. The molecule has 96 valence electrons. The maximum atomic E-state index is 5.06. The van der Waals surface area contributed by atoms with E-state index in [4.69, 9.17) is 4.42 Å². The van der Waals surface area contributed by atoms with E-state index in [1.165, 1.54) is 0 Å². The van der Waals surface area contributed by atoms with Crippen LogP contribution >= 0.6 is 0 Å². The molecule has 0 aliphatic carbocycles. The zero-order valence-electron chi connectivity index (χ0n) is 10.3. The predicted octanol–water partition coefficient (Wildman–Crippen LogP) is 1.75. The highest BCUT2D eigenvalue weighted by atomic mass is 16.3. The normalized spacial score (nSPS) is 10.6. The first-order valence-electron chi connectivity index (χ1n) is 5.87. The third-order valence-electron chi connectivity index (χ3n) is 2.47. The molecule has 0 aromatic carbocycles. The molecule has 0 saturated carbocycles. The highest BCUT2D eigenvalue weighted by Crippen LogP contribution is 2.17. The molecule has 3 aromatic rings. The van der Waals surface area contributed by atoms with Gasteiger partial charge in [0.05, 0.1) is 11.8 Å². The highest BCUT2D eigenvalue weighted by molar-refractivity contribution is 5.55. The van der Waals surface area contributed by atoms with Crippen molar-refractivity contribution in [1.29, 1.82) is 0 Å². The molecule has 7 heteroatoms. The molecule has 0 unspecified atom stereocenters. The van der Waals surface area contributed by atoms with Gasteiger partial charge in [-0.25, -0.2) is 4.98 Å². The Labute approximate surface area is 109 Å². The molecular formula is C12H12N6O. The van der Waals surface area contributed by atoms with E-state index in [1.54, 1.807) is 35.8 Å². The second kappa shape index (κ2) is 4.89. The van der Waals surface area contributed by atoms with E-state index in [0.29, 0.717) is 17.7 Å². The van der Waals surface area contributed by atoms with Crippen LogP contribution in [-0.2, 0) is 0 Å². The maximum Gasteiger partial charge on any atom is 0.240 e. The number of hydrogen-bond acceptors (Lipinski definition) is 6. The van der Waals surface area contributed by atoms with Crippen LogP contribution in [0.3, 0.4) is 0 Å². The first kappa shape index (κ1) is 11.4. The van der Waals surface area contributed by atoms with Gasteiger partial charge < -0.3 is 9.73 Å². The molecule has 0 aliphatic heterocycles. The summed E-state index contributed by atoms with van der Waals surface area (Å²) >= 11 is 0. The molecule has 1 N–H and O–H groups in total. The number of rotatable bonds is 4. The van der Waals surface area contributed by atoms with Crippen molar-refractivity contribution in [2.45, 2.75) is 6.92 Å². The number of anilines is 1. The van der Waals surface area contributed by atoms with Crippen molar-refractivity contribution in [3.05, 3.63) is 37.3 Å². The number of nitrogens with zero attached hydrogens (tertiary/aromatic N) is 5. The summed E-state index contributed by atoms with van der Waals surface area (Å²) in [7, 11) is 0. The first-order valence-corrected chi connectivity index (χ1v) is 5.87. The number of hydrogen-bond donors (Lipinski definition) is 1. The van der Waals surface area contributed by atoms with Gasteiger partial charge in [0.15, 0.2) is 5.82 Å². The molecule has 3 heterocycles. The molecule has 0 saturated heterocycles. The van der Waals surface area contributed by atoms with Crippen LogP contribution in [0.25, 0.3) is 17.3 Å². The fourth-order valence-corrected chi connectivity index (χ4v) is 1.62. The second-order valence-corrected chi connectivity index (χ2v) is 3.79. The zero-order valence-corrected chi connectivity index (χ0v) is 10.3. The molecule has 0 atom stereocenters. The Hall–Kier alpha value is -2.70. The van der Waals surface area contributed by atoms with E-state index in [2.05, 4.69) is 25.3 Å². The van der Waals surface area contributed by atoms with Crippen LogP contribution in [-0.4, -0.2) is 31.0 Å². The fraction of sp³-hybridized carbons (Fsp3) is 0.167. The Bertz CT molecular complexity index is 594. The van der Waals surface area contributed by atoms with Crippen molar-refractivity contribution in [3.63, 3.8) is 0 Å². The molecule has 0 aliphatic rings. The van der Waals surface area contributed by atoms with Gasteiger partial charge in [0.2, 0.25) is 11.9 Å². The summed E-state index contributed by atoms with van der Waals surface area (Å²) in [5.74, 6) is 1.60. The topological polar surface area (TPSA) is 81.7 Å². The van der Waals surface area contributed by atoms with Crippen molar-refractivity contribution in [3.8, 4) is 17.3 Å². The van der Waals surface area contributed by atoms with Crippen molar-refractivity contribution in [1.82, 2.24) is 24.5 Å². The maximum absolute atomic E-state index is 5.06. The summed E-state index contributed by atoms with van der Waals surface area (Å²) < 4.78 is 6.79. The standard InChI is InChI=1S/C12H12N6O/c1-2-14-11-15-10(9-3-6-19-7-9)16-12(17-11)18-5-4-13-8-18/h3-8H,2H2,1H3,(H,14,15,16,17). The van der Waals surface area contributed by atoms with Crippen LogP contribution in [0.2, 0.25) is 0 Å². The minimum Gasteiger partial charge on any atom is -0.472 e. The lowest BCUT2D eigenvalue weighted by Gasteiger charge is -2.06. The molecule has 19 heavy (non-hydrogen) atoms. The molecular weight excluding hydrogens is 244 g/mol. The van der Waals surface area contributed by atoms with E-state index in [9.17, 15) is 0 Å². The summed E-state index contributed by atoms with van der Waals surface area (Å²) in [5.41, 5.74) is 0.808. The Kier molecular flexibility index (Phi) is 2.93. The Morgan fingerprint density at radius 1 is 1.32 bits per heavy atom. The van der Waals surface area contributed by atoms with Crippen molar-refractivity contribution in [2.24, 2.45) is 0 Å². The minimum absolute atomic E-state index is 0.514. The van der Waals surface area contributed by atoms with Gasteiger partial charge in [0.1, 0.15) is 12.6 Å². The largest absolute Gasteiger partial charge is 0.472 e. The van der Waals surface area contributed by atoms with E-state index in [1.807, 2.05) is 13.0 Å². The third kappa shape index (κ3) is 2.30. The van der Waals surface area contributed by atoms with Crippen LogP contribution in [0.5, 0.6) is 0 Å². The fourth-order valence-electron chi connectivity index (χ4n) is 1.62. The third-order valence-corrected chi connectivity index (χ3v) is 2.47. The van der Waals surface area contributed by atoms with E-state index >= 15 is 0 Å². The Morgan fingerprint density at radius 2 is 2.26 bits per heavy atom. The summed E-state index contributed by atoms with van der Waals surface area (Å²) in [6.07, 6.45) is 8.29. The SMILES string of the molecule is CCNc1nc(-c2ccoc2)nc(-n2ccnc2)n1. The smallest absolute Gasteiger partial charge is 0.240 e. The Balaban J connectivity index is 2.09. The number of nitrogens with one attached hydrogen (secondary N) is 1. The average molecular weight is 256 g/mol.